The lowest BCUT2D eigenvalue weighted by molar-refractivity contribution is 1.03. The second-order valence-electron chi connectivity index (χ2n) is 1.28. The van der Waals surface area contributed by atoms with Crippen molar-refractivity contribution in [2.75, 3.05) is 13.2 Å². The average Bonchev–Trinajstić information content (AvgIpc) is 1.81. The molecule has 0 aliphatic rings. The maximum absolute atomic E-state index is 5.07. The zero-order valence-corrected chi connectivity index (χ0v) is 4.88. The van der Waals surface area contributed by atoms with Crippen LogP contribution in [0.15, 0.2) is 9.98 Å². The molecule has 0 radical (unpaired) electrons. The molecular weight excluding hydrogens is 102 g/mol. The van der Waals surface area contributed by atoms with Crippen molar-refractivity contribution in [3.05, 3.63) is 0 Å². The molecule has 0 aromatic rings. The smallest absolute Gasteiger partial charge is 0.0855 e. The van der Waals surface area contributed by atoms with Gasteiger partial charge in [0, 0.05) is 19.2 Å². The molecule has 0 amide bonds. The van der Waals surface area contributed by atoms with E-state index in [4.69, 9.17) is 5.73 Å². The van der Waals surface area contributed by atoms with E-state index in [0.717, 1.165) is 13.0 Å². The summed E-state index contributed by atoms with van der Waals surface area (Å²) in [6.07, 6.45) is 2.61. The van der Waals surface area contributed by atoms with E-state index in [-0.39, 0.29) is 0 Å². The normalized spacial score (nSPS) is 10.1. The van der Waals surface area contributed by atoms with Crippen LogP contribution in [0.5, 0.6) is 0 Å². The van der Waals surface area contributed by atoms with Crippen LogP contribution < -0.4 is 5.73 Å². The van der Waals surface area contributed by atoms with Gasteiger partial charge in [0.25, 0.3) is 0 Å². The fourth-order valence-electron chi connectivity index (χ4n) is 0.315. The Kier molecular flexibility index (Phi) is 5.75. The highest BCUT2D eigenvalue weighted by Gasteiger charge is 1.72. The van der Waals surface area contributed by atoms with E-state index in [1.54, 1.807) is 6.21 Å². The Morgan fingerprint density at radius 3 is 2.88 bits per heavy atom. The van der Waals surface area contributed by atoms with E-state index < -0.39 is 0 Å². The molecule has 0 spiro atoms. The van der Waals surface area contributed by atoms with Gasteiger partial charge in [-0.15, -0.1) is 0 Å². The van der Waals surface area contributed by atoms with Gasteiger partial charge in [0.1, 0.15) is 0 Å². The standard InChI is InChI=1S/C5H11N3/c1-7-3-2-4-8-5-6/h4H,1-3,5-6H2/b8-4-. The molecule has 0 rings (SSSR count). The van der Waals surface area contributed by atoms with Crippen LogP contribution in [0.1, 0.15) is 6.42 Å². The molecule has 2 N–H and O–H groups in total. The van der Waals surface area contributed by atoms with E-state index in [1.165, 1.54) is 0 Å². The minimum absolute atomic E-state index is 0.372. The fourth-order valence-corrected chi connectivity index (χ4v) is 0.315. The Bertz CT molecular complexity index is 77.7. The fraction of sp³-hybridized carbons (Fsp3) is 0.600. The van der Waals surface area contributed by atoms with Crippen molar-refractivity contribution in [3.63, 3.8) is 0 Å². The summed E-state index contributed by atoms with van der Waals surface area (Å²) in [4.78, 5) is 7.40. The summed E-state index contributed by atoms with van der Waals surface area (Å²) in [5.41, 5.74) is 5.07. The van der Waals surface area contributed by atoms with Crippen LogP contribution in [-0.4, -0.2) is 26.1 Å². The molecule has 3 heteroatoms. The number of aliphatic imine (C=N–C) groups is 2. The second-order valence-corrected chi connectivity index (χ2v) is 1.28. The first-order valence-corrected chi connectivity index (χ1v) is 2.52. The van der Waals surface area contributed by atoms with Gasteiger partial charge in [-0.05, 0) is 6.72 Å². The minimum Gasteiger partial charge on any atom is -0.312 e. The number of hydrogen-bond acceptors (Lipinski definition) is 3. The Labute approximate surface area is 49.3 Å². The third-order valence-corrected chi connectivity index (χ3v) is 0.651. The molecule has 0 heterocycles. The second kappa shape index (κ2) is 6.30. The van der Waals surface area contributed by atoms with Crippen LogP contribution in [0, 0.1) is 0 Å². The van der Waals surface area contributed by atoms with Gasteiger partial charge in [0.2, 0.25) is 0 Å². The minimum atomic E-state index is 0.372. The van der Waals surface area contributed by atoms with Crippen LogP contribution >= 0.6 is 0 Å². The molecule has 3 nitrogen and oxygen atoms in total. The van der Waals surface area contributed by atoms with Gasteiger partial charge >= 0.3 is 0 Å². The first kappa shape index (κ1) is 7.30. The molecule has 0 saturated heterocycles. The van der Waals surface area contributed by atoms with Crippen molar-refractivity contribution in [1.82, 2.24) is 0 Å². The molecule has 0 aliphatic carbocycles. The highest BCUT2D eigenvalue weighted by atomic mass is 14.8. The van der Waals surface area contributed by atoms with Crippen LogP contribution in [0.3, 0.4) is 0 Å². The van der Waals surface area contributed by atoms with Gasteiger partial charge in [-0.25, -0.2) is 0 Å². The summed E-state index contributed by atoms with van der Waals surface area (Å²) in [6.45, 7) is 4.43. The van der Waals surface area contributed by atoms with Crippen LogP contribution in [0.2, 0.25) is 0 Å². The van der Waals surface area contributed by atoms with Gasteiger partial charge in [-0.1, -0.05) is 0 Å². The summed E-state index contributed by atoms with van der Waals surface area (Å²) in [5, 5.41) is 0. The van der Waals surface area contributed by atoms with Gasteiger partial charge in [-0.3, -0.25) is 4.99 Å². The molecule has 0 aliphatic heterocycles. The number of rotatable bonds is 4. The lowest BCUT2D eigenvalue weighted by Crippen LogP contribution is -1.94. The van der Waals surface area contributed by atoms with Crippen molar-refractivity contribution < 1.29 is 0 Å². The number of nitrogens with two attached hydrogens (primary N) is 1. The average molecular weight is 113 g/mol. The highest BCUT2D eigenvalue weighted by molar-refractivity contribution is 5.57. The molecule has 0 aromatic heterocycles. The molecule has 0 aromatic carbocycles. The number of nitrogens with zero attached hydrogens (tertiary/aromatic N) is 2. The van der Waals surface area contributed by atoms with Gasteiger partial charge in [0.15, 0.2) is 0 Å². The Hall–Kier alpha value is -0.700. The summed E-state index contributed by atoms with van der Waals surface area (Å²) in [7, 11) is 0. The highest BCUT2D eigenvalue weighted by Crippen LogP contribution is 1.72. The summed E-state index contributed by atoms with van der Waals surface area (Å²) < 4.78 is 0. The summed E-state index contributed by atoms with van der Waals surface area (Å²) in [5.74, 6) is 0. The van der Waals surface area contributed by atoms with Gasteiger partial charge in [-0.2, -0.15) is 0 Å². The third-order valence-electron chi connectivity index (χ3n) is 0.651. The predicted octanol–water partition coefficient (Wildman–Crippen LogP) is 0.0641. The van der Waals surface area contributed by atoms with Gasteiger partial charge < -0.3 is 10.7 Å². The van der Waals surface area contributed by atoms with Crippen molar-refractivity contribution in [1.29, 1.82) is 0 Å². The third kappa shape index (κ3) is 5.30. The van der Waals surface area contributed by atoms with Crippen molar-refractivity contribution in [2.24, 2.45) is 15.7 Å². The number of hydrogen-bond donors (Lipinski definition) is 1. The zero-order chi connectivity index (χ0) is 6.24. The van der Waals surface area contributed by atoms with E-state index >= 15 is 0 Å². The van der Waals surface area contributed by atoms with E-state index in [2.05, 4.69) is 16.7 Å². The van der Waals surface area contributed by atoms with Gasteiger partial charge in [0.05, 0.1) is 6.67 Å². The first-order valence-electron chi connectivity index (χ1n) is 2.52. The molecule has 0 unspecified atom stereocenters. The van der Waals surface area contributed by atoms with Crippen molar-refractivity contribution in [2.45, 2.75) is 6.42 Å². The monoisotopic (exact) mass is 113 g/mol. The van der Waals surface area contributed by atoms with Crippen LogP contribution in [0.4, 0.5) is 0 Å². The molecule has 0 atom stereocenters. The maximum atomic E-state index is 5.07. The predicted molar refractivity (Wildman–Crippen MR) is 36.6 cm³/mol. The Balaban J connectivity index is 2.90. The topological polar surface area (TPSA) is 50.7 Å². The Morgan fingerprint density at radius 1 is 1.62 bits per heavy atom. The molecule has 46 valence electrons. The lowest BCUT2D eigenvalue weighted by atomic mass is 10.5. The van der Waals surface area contributed by atoms with Crippen LogP contribution in [0.25, 0.3) is 0 Å². The molecule has 8 heavy (non-hydrogen) atoms. The van der Waals surface area contributed by atoms with E-state index in [1.807, 2.05) is 0 Å². The Morgan fingerprint density at radius 2 is 2.38 bits per heavy atom. The quantitative estimate of drug-likeness (QED) is 0.407. The molecule has 0 saturated carbocycles. The first-order chi connectivity index (χ1) is 3.91. The largest absolute Gasteiger partial charge is 0.312 e. The SMILES string of the molecule is C=NCC/C=N\CN. The van der Waals surface area contributed by atoms with Crippen molar-refractivity contribution in [3.8, 4) is 0 Å². The summed E-state index contributed by atoms with van der Waals surface area (Å²) >= 11 is 0. The lowest BCUT2D eigenvalue weighted by Gasteiger charge is -1.82. The van der Waals surface area contributed by atoms with Crippen LogP contribution in [-0.2, 0) is 0 Å². The summed E-state index contributed by atoms with van der Waals surface area (Å²) in [6, 6.07) is 0. The van der Waals surface area contributed by atoms with E-state index in [9.17, 15) is 0 Å². The van der Waals surface area contributed by atoms with E-state index in [0.29, 0.717) is 6.67 Å². The zero-order valence-electron chi connectivity index (χ0n) is 4.88. The molecular formula is C5H11N3. The maximum Gasteiger partial charge on any atom is 0.0855 e. The molecule has 0 bridgehead atoms. The van der Waals surface area contributed by atoms with Crippen molar-refractivity contribution >= 4 is 12.9 Å². The molecule has 0 fully saturated rings.